The third-order valence-corrected chi connectivity index (χ3v) is 6.08. The van der Waals surface area contributed by atoms with Gasteiger partial charge in [0.25, 0.3) is 17.7 Å². The number of halogens is 2. The summed E-state index contributed by atoms with van der Waals surface area (Å²) in [6, 6.07) is 8.78. The molecule has 5 rings (SSSR count). The van der Waals surface area contributed by atoms with Gasteiger partial charge in [-0.3, -0.25) is 19.2 Å². The van der Waals surface area contributed by atoms with Gasteiger partial charge in [0.2, 0.25) is 5.43 Å². The van der Waals surface area contributed by atoms with Crippen molar-refractivity contribution < 1.29 is 28.3 Å². The summed E-state index contributed by atoms with van der Waals surface area (Å²) in [6.45, 7) is -0.350. The Labute approximate surface area is 191 Å². The highest BCUT2D eigenvalue weighted by Gasteiger charge is 2.44. The van der Waals surface area contributed by atoms with Gasteiger partial charge in [-0.2, -0.15) is 0 Å². The second-order valence-corrected chi connectivity index (χ2v) is 8.06. The number of nitrogens with one attached hydrogen (secondary N) is 1. The minimum atomic E-state index is -1.10. The van der Waals surface area contributed by atoms with Crippen LogP contribution in [0.15, 0.2) is 53.5 Å². The largest absolute Gasteiger partial charge is 0.503 e. The number of nitrogens with zero attached hydrogens (tertiary/aromatic N) is 2. The Balaban J connectivity index is 1.53. The first-order valence-electron chi connectivity index (χ1n) is 10.4. The van der Waals surface area contributed by atoms with E-state index in [1.165, 1.54) is 0 Å². The molecule has 2 aromatic carbocycles. The maximum Gasteiger partial charge on any atom is 0.285 e. The van der Waals surface area contributed by atoms with Crippen molar-refractivity contribution in [3.8, 4) is 5.75 Å². The summed E-state index contributed by atoms with van der Waals surface area (Å²) in [5, 5.41) is 13.0. The molecule has 2 aliphatic rings. The van der Waals surface area contributed by atoms with E-state index in [2.05, 4.69) is 5.32 Å². The van der Waals surface area contributed by atoms with Crippen LogP contribution in [0.5, 0.6) is 5.75 Å². The number of carbonyl (C=O) groups is 3. The lowest BCUT2D eigenvalue weighted by Crippen LogP contribution is -2.48. The molecule has 3 aromatic rings. The summed E-state index contributed by atoms with van der Waals surface area (Å²) in [7, 11) is 0. The molecular weight excluding hydrogens is 448 g/mol. The molecule has 8 nitrogen and oxygen atoms in total. The Kier molecular flexibility index (Phi) is 5.00. The van der Waals surface area contributed by atoms with Gasteiger partial charge < -0.3 is 15.0 Å². The van der Waals surface area contributed by atoms with E-state index in [0.29, 0.717) is 18.2 Å². The van der Waals surface area contributed by atoms with Crippen LogP contribution in [-0.4, -0.2) is 27.4 Å². The monoisotopic (exact) mass is 465 g/mol. The standard InChI is InChI=1S/C24H17F2N3O5/c25-14-7-5-13(16(26)9-14)10-27-22(32)15-11-28-18-8-6-12-3-1-2-4-17(12)29(23(18)33)24(34)19(28)21(31)20(15)30/h1-5,7,9,11,18,31H,6,8,10H2,(H,27,32). The molecule has 0 saturated carbocycles. The van der Waals surface area contributed by atoms with Crippen molar-refractivity contribution in [2.75, 3.05) is 4.90 Å². The van der Waals surface area contributed by atoms with Gasteiger partial charge >= 0.3 is 0 Å². The van der Waals surface area contributed by atoms with Crippen LogP contribution in [0.2, 0.25) is 0 Å². The molecule has 0 spiro atoms. The minimum absolute atomic E-state index is 0.0143. The Morgan fingerprint density at radius 1 is 1.12 bits per heavy atom. The zero-order valence-electron chi connectivity index (χ0n) is 17.5. The smallest absolute Gasteiger partial charge is 0.285 e. The lowest BCUT2D eigenvalue weighted by molar-refractivity contribution is -0.121. The van der Waals surface area contributed by atoms with Crippen molar-refractivity contribution in [3.63, 3.8) is 0 Å². The number of rotatable bonds is 3. The fourth-order valence-corrected chi connectivity index (χ4v) is 4.37. The maximum atomic E-state index is 13.9. The number of para-hydroxylation sites is 1. The van der Waals surface area contributed by atoms with Crippen LogP contribution < -0.4 is 15.6 Å². The van der Waals surface area contributed by atoms with Crippen LogP contribution in [0, 0.1) is 11.6 Å². The highest BCUT2D eigenvalue weighted by atomic mass is 19.1. The van der Waals surface area contributed by atoms with Crippen molar-refractivity contribution in [3.05, 3.63) is 92.9 Å². The number of hydrogen-bond acceptors (Lipinski definition) is 5. The molecule has 0 fully saturated rings. The highest BCUT2D eigenvalue weighted by Crippen LogP contribution is 2.38. The number of benzene rings is 2. The molecule has 1 unspecified atom stereocenters. The van der Waals surface area contributed by atoms with Crippen LogP contribution in [0.25, 0.3) is 0 Å². The number of amides is 3. The number of imide groups is 1. The first-order chi connectivity index (χ1) is 16.3. The summed E-state index contributed by atoms with van der Waals surface area (Å²) in [5.41, 5.74) is -0.855. The molecule has 0 aliphatic carbocycles. The van der Waals surface area contributed by atoms with E-state index in [0.717, 1.165) is 33.4 Å². The summed E-state index contributed by atoms with van der Waals surface area (Å²) < 4.78 is 28.1. The zero-order chi connectivity index (χ0) is 24.1. The summed E-state index contributed by atoms with van der Waals surface area (Å²) in [5.74, 6) is -4.96. The van der Waals surface area contributed by atoms with Gasteiger partial charge in [-0.1, -0.05) is 24.3 Å². The van der Waals surface area contributed by atoms with Gasteiger partial charge in [0, 0.05) is 24.4 Å². The molecule has 2 aliphatic heterocycles. The van der Waals surface area contributed by atoms with Crippen LogP contribution in [0.4, 0.5) is 14.5 Å². The average Bonchev–Trinajstić information content (AvgIpc) is 2.92. The molecule has 2 N–H and O–H groups in total. The van der Waals surface area contributed by atoms with Crippen molar-refractivity contribution in [1.29, 1.82) is 0 Å². The molecule has 3 amide bonds. The van der Waals surface area contributed by atoms with E-state index in [9.17, 15) is 33.1 Å². The number of anilines is 1. The van der Waals surface area contributed by atoms with E-state index in [-0.39, 0.29) is 24.2 Å². The Bertz CT molecular complexity index is 1450. The Morgan fingerprint density at radius 2 is 1.88 bits per heavy atom. The molecule has 1 aromatic heterocycles. The van der Waals surface area contributed by atoms with Gasteiger partial charge in [-0.25, -0.2) is 13.7 Å². The van der Waals surface area contributed by atoms with Gasteiger partial charge in [0.15, 0.2) is 11.4 Å². The number of carbonyl (C=O) groups excluding carboxylic acids is 3. The molecule has 0 saturated heterocycles. The van der Waals surface area contributed by atoms with E-state index in [1.54, 1.807) is 24.3 Å². The van der Waals surface area contributed by atoms with Gasteiger partial charge in [0.1, 0.15) is 23.2 Å². The summed E-state index contributed by atoms with van der Waals surface area (Å²) in [6.07, 6.45) is 1.80. The van der Waals surface area contributed by atoms with Crippen LogP contribution in [0.3, 0.4) is 0 Å². The molecular formula is C24H17F2N3O5. The second kappa shape index (κ2) is 7.91. The van der Waals surface area contributed by atoms with E-state index >= 15 is 0 Å². The maximum absolute atomic E-state index is 13.9. The lowest BCUT2D eigenvalue weighted by Gasteiger charge is -2.33. The number of pyridine rings is 1. The normalized spacial score (nSPS) is 16.5. The zero-order valence-corrected chi connectivity index (χ0v) is 17.5. The van der Waals surface area contributed by atoms with Gasteiger partial charge in [-0.05, 0) is 30.5 Å². The first kappa shape index (κ1) is 21.5. The highest BCUT2D eigenvalue weighted by molar-refractivity contribution is 6.25. The molecule has 34 heavy (non-hydrogen) atoms. The third-order valence-electron chi connectivity index (χ3n) is 6.08. The van der Waals surface area contributed by atoms with Gasteiger partial charge in [0.05, 0.1) is 5.69 Å². The van der Waals surface area contributed by atoms with Crippen molar-refractivity contribution in [2.24, 2.45) is 0 Å². The molecule has 3 heterocycles. The second-order valence-electron chi connectivity index (χ2n) is 8.06. The molecule has 0 radical (unpaired) electrons. The molecule has 172 valence electrons. The van der Waals surface area contributed by atoms with Crippen LogP contribution in [0.1, 0.15) is 44.4 Å². The minimum Gasteiger partial charge on any atom is -0.503 e. The summed E-state index contributed by atoms with van der Waals surface area (Å²) in [4.78, 5) is 52.8. The molecule has 1 atom stereocenters. The number of hydrogen-bond donors (Lipinski definition) is 2. The number of aromatic hydroxyl groups is 1. The number of aryl methyl sites for hydroxylation is 1. The predicted octanol–water partition coefficient (Wildman–Crippen LogP) is 2.44. The first-order valence-corrected chi connectivity index (χ1v) is 10.4. The lowest BCUT2D eigenvalue weighted by atomic mass is 10.0. The van der Waals surface area contributed by atoms with Crippen LogP contribution in [-0.2, 0) is 17.8 Å². The fourth-order valence-electron chi connectivity index (χ4n) is 4.37. The summed E-state index contributed by atoms with van der Waals surface area (Å²) >= 11 is 0. The van der Waals surface area contributed by atoms with E-state index in [4.69, 9.17) is 0 Å². The molecule has 10 heteroatoms. The topological polar surface area (TPSA) is 109 Å². The van der Waals surface area contributed by atoms with Crippen molar-refractivity contribution in [2.45, 2.75) is 25.4 Å². The van der Waals surface area contributed by atoms with Crippen molar-refractivity contribution in [1.82, 2.24) is 9.88 Å². The number of fused-ring (bicyclic) bond motifs is 6. The van der Waals surface area contributed by atoms with E-state index < -0.39 is 52.1 Å². The quantitative estimate of drug-likeness (QED) is 0.578. The SMILES string of the molecule is O=C(NCc1ccc(F)cc1F)c1cn2c(c(O)c1=O)C(=O)N1C(=O)C2CCc2ccccc21. The Hall–Kier alpha value is -4.34. The molecule has 2 bridgehead atoms. The average molecular weight is 465 g/mol. The van der Waals surface area contributed by atoms with Gasteiger partial charge in [-0.15, -0.1) is 0 Å². The fraction of sp³-hybridized carbons (Fsp3) is 0.167. The van der Waals surface area contributed by atoms with E-state index in [1.807, 2.05) is 0 Å². The number of aromatic nitrogens is 1. The van der Waals surface area contributed by atoms with Crippen LogP contribution >= 0.6 is 0 Å². The predicted molar refractivity (Wildman–Crippen MR) is 116 cm³/mol. The third kappa shape index (κ3) is 3.26. The van der Waals surface area contributed by atoms with Crippen molar-refractivity contribution >= 4 is 23.4 Å². The Morgan fingerprint density at radius 3 is 2.65 bits per heavy atom.